The second kappa shape index (κ2) is 8.69. The van der Waals surface area contributed by atoms with Crippen LogP contribution >= 0.6 is 15.9 Å². The molecule has 146 valence electrons. The van der Waals surface area contributed by atoms with Gasteiger partial charge in [0.2, 0.25) is 0 Å². The summed E-state index contributed by atoms with van der Waals surface area (Å²) in [7, 11) is 0. The first-order chi connectivity index (χ1) is 13.4. The largest absolute Gasteiger partial charge is 0.507 e. The molecule has 1 amide bonds. The molecular weight excluding hydrogens is 425 g/mol. The first kappa shape index (κ1) is 20.3. The average Bonchev–Trinajstić information content (AvgIpc) is 2.94. The van der Waals surface area contributed by atoms with E-state index in [9.17, 15) is 19.1 Å². The second-order valence-corrected chi connectivity index (χ2v) is 7.67. The SMILES string of the molecule is CCCCCN1C(=O)C(=O)/C(=C(\O)c2ccc(Br)cc2)C1c1ccc(F)cc1. The molecule has 0 aliphatic carbocycles. The standard InChI is InChI=1S/C22H21BrFNO3/c1-2-3-4-13-25-19(14-7-11-17(24)12-8-14)18(21(27)22(25)28)20(26)15-5-9-16(23)10-6-15/h5-12,19,26H,2-4,13H2,1H3/b20-18-. The van der Waals surface area contributed by atoms with E-state index in [1.54, 1.807) is 36.4 Å². The molecule has 2 aromatic rings. The molecule has 1 atom stereocenters. The van der Waals surface area contributed by atoms with Crippen molar-refractivity contribution in [2.45, 2.75) is 32.2 Å². The highest BCUT2D eigenvalue weighted by molar-refractivity contribution is 9.10. The van der Waals surface area contributed by atoms with E-state index in [4.69, 9.17) is 0 Å². The highest BCUT2D eigenvalue weighted by Crippen LogP contribution is 2.39. The van der Waals surface area contributed by atoms with Gasteiger partial charge >= 0.3 is 0 Å². The number of hydrogen-bond donors (Lipinski definition) is 1. The summed E-state index contributed by atoms with van der Waals surface area (Å²) < 4.78 is 14.3. The summed E-state index contributed by atoms with van der Waals surface area (Å²) in [4.78, 5) is 27.0. The van der Waals surface area contributed by atoms with E-state index >= 15 is 0 Å². The van der Waals surface area contributed by atoms with Crippen molar-refractivity contribution in [2.75, 3.05) is 6.54 Å². The number of likely N-dealkylation sites (tertiary alicyclic amines) is 1. The maximum absolute atomic E-state index is 13.4. The van der Waals surface area contributed by atoms with Crippen molar-refractivity contribution in [3.8, 4) is 0 Å². The monoisotopic (exact) mass is 445 g/mol. The normalized spacial score (nSPS) is 18.7. The van der Waals surface area contributed by atoms with Crippen molar-refractivity contribution in [1.29, 1.82) is 0 Å². The van der Waals surface area contributed by atoms with Gasteiger partial charge in [-0.25, -0.2) is 4.39 Å². The summed E-state index contributed by atoms with van der Waals surface area (Å²) in [5.74, 6) is -1.98. The number of amides is 1. The number of hydrogen-bond acceptors (Lipinski definition) is 3. The number of nitrogens with zero attached hydrogens (tertiary/aromatic N) is 1. The molecule has 0 aromatic heterocycles. The quantitative estimate of drug-likeness (QED) is 0.287. The average molecular weight is 446 g/mol. The minimum atomic E-state index is -0.735. The Hall–Kier alpha value is -2.47. The van der Waals surface area contributed by atoms with Gasteiger partial charge in [-0.05, 0) is 36.2 Å². The lowest BCUT2D eigenvalue weighted by Crippen LogP contribution is -2.30. The number of benzene rings is 2. The van der Waals surface area contributed by atoms with Crippen LogP contribution in [0, 0.1) is 5.82 Å². The Bertz CT molecular complexity index is 906. The van der Waals surface area contributed by atoms with E-state index in [-0.39, 0.29) is 11.3 Å². The van der Waals surface area contributed by atoms with Gasteiger partial charge < -0.3 is 10.0 Å². The van der Waals surface area contributed by atoms with Gasteiger partial charge in [0, 0.05) is 16.6 Å². The molecule has 2 aromatic carbocycles. The Morgan fingerprint density at radius 1 is 1.07 bits per heavy atom. The van der Waals surface area contributed by atoms with Crippen molar-refractivity contribution >= 4 is 33.4 Å². The summed E-state index contributed by atoms with van der Waals surface area (Å²) in [5.41, 5.74) is 1.08. The minimum Gasteiger partial charge on any atom is -0.507 e. The molecule has 1 aliphatic rings. The molecule has 1 unspecified atom stereocenters. The third-order valence-electron chi connectivity index (χ3n) is 4.85. The van der Waals surface area contributed by atoms with Crippen LogP contribution in [0.1, 0.15) is 43.4 Å². The zero-order valence-electron chi connectivity index (χ0n) is 15.5. The summed E-state index contributed by atoms with van der Waals surface area (Å²) in [6.07, 6.45) is 2.65. The molecule has 1 heterocycles. The summed E-state index contributed by atoms with van der Waals surface area (Å²) in [6, 6.07) is 11.8. The Kier molecular flexibility index (Phi) is 6.29. The number of unbranched alkanes of at least 4 members (excludes halogenated alkanes) is 2. The number of carbonyl (C=O) groups excluding carboxylic acids is 2. The zero-order valence-corrected chi connectivity index (χ0v) is 17.1. The van der Waals surface area contributed by atoms with E-state index in [1.165, 1.54) is 17.0 Å². The van der Waals surface area contributed by atoms with E-state index in [0.29, 0.717) is 17.7 Å². The van der Waals surface area contributed by atoms with E-state index < -0.39 is 23.5 Å². The number of rotatable bonds is 6. The predicted octanol–water partition coefficient (Wildman–Crippen LogP) is 5.20. The fourth-order valence-electron chi connectivity index (χ4n) is 3.40. The van der Waals surface area contributed by atoms with Gasteiger partial charge in [0.05, 0.1) is 11.6 Å². The lowest BCUT2D eigenvalue weighted by molar-refractivity contribution is -0.139. The lowest BCUT2D eigenvalue weighted by atomic mass is 9.95. The molecule has 6 heteroatoms. The highest BCUT2D eigenvalue weighted by atomic mass is 79.9. The Labute approximate surface area is 171 Å². The van der Waals surface area contributed by atoms with Gasteiger partial charge in [-0.3, -0.25) is 9.59 Å². The van der Waals surface area contributed by atoms with Crippen LogP contribution in [0.25, 0.3) is 5.76 Å². The van der Waals surface area contributed by atoms with Gasteiger partial charge in [-0.15, -0.1) is 0 Å². The fraction of sp³-hybridized carbons (Fsp3) is 0.273. The summed E-state index contributed by atoms with van der Waals surface area (Å²) >= 11 is 3.34. The Morgan fingerprint density at radius 3 is 2.32 bits per heavy atom. The molecule has 3 rings (SSSR count). The van der Waals surface area contributed by atoms with Crippen LogP contribution in [0.5, 0.6) is 0 Å². The van der Waals surface area contributed by atoms with Crippen LogP contribution < -0.4 is 0 Å². The number of ketones is 1. The minimum absolute atomic E-state index is 0.0374. The number of Topliss-reactive ketones (excluding diaryl/α,β-unsaturated/α-hetero) is 1. The van der Waals surface area contributed by atoms with Gasteiger partial charge in [0.1, 0.15) is 11.6 Å². The third-order valence-corrected chi connectivity index (χ3v) is 5.37. The van der Waals surface area contributed by atoms with Crippen molar-refractivity contribution < 1.29 is 19.1 Å². The number of aliphatic hydroxyl groups is 1. The fourth-order valence-corrected chi connectivity index (χ4v) is 3.66. The van der Waals surface area contributed by atoms with Crippen LogP contribution in [0.2, 0.25) is 0 Å². The maximum Gasteiger partial charge on any atom is 0.295 e. The first-order valence-electron chi connectivity index (χ1n) is 9.24. The molecular formula is C22H21BrFNO3. The lowest BCUT2D eigenvalue weighted by Gasteiger charge is -2.25. The van der Waals surface area contributed by atoms with Crippen LogP contribution in [-0.2, 0) is 9.59 Å². The maximum atomic E-state index is 13.4. The Balaban J connectivity index is 2.10. The Morgan fingerprint density at radius 2 is 1.71 bits per heavy atom. The van der Waals surface area contributed by atoms with E-state index in [2.05, 4.69) is 22.9 Å². The number of halogens is 2. The molecule has 0 radical (unpaired) electrons. The molecule has 0 spiro atoms. The molecule has 1 saturated heterocycles. The third kappa shape index (κ3) is 4.02. The smallest absolute Gasteiger partial charge is 0.295 e. The summed E-state index contributed by atoms with van der Waals surface area (Å²) in [6.45, 7) is 2.46. The zero-order chi connectivity index (χ0) is 20.3. The topological polar surface area (TPSA) is 57.6 Å². The van der Waals surface area contributed by atoms with Gasteiger partial charge in [-0.1, -0.05) is 60.0 Å². The predicted molar refractivity (Wildman–Crippen MR) is 109 cm³/mol. The van der Waals surface area contributed by atoms with Crippen molar-refractivity contribution in [2.24, 2.45) is 0 Å². The number of aliphatic hydroxyl groups excluding tert-OH is 1. The molecule has 4 nitrogen and oxygen atoms in total. The van der Waals surface area contributed by atoms with Crippen LogP contribution in [0.4, 0.5) is 4.39 Å². The summed E-state index contributed by atoms with van der Waals surface area (Å²) in [5, 5.41) is 10.9. The van der Waals surface area contributed by atoms with Crippen molar-refractivity contribution in [3.05, 3.63) is 75.5 Å². The van der Waals surface area contributed by atoms with Gasteiger partial charge in [0.15, 0.2) is 0 Å². The van der Waals surface area contributed by atoms with E-state index in [1.807, 2.05) is 0 Å². The molecule has 1 fully saturated rings. The van der Waals surface area contributed by atoms with Crippen LogP contribution in [-0.4, -0.2) is 28.2 Å². The molecule has 1 aliphatic heterocycles. The highest BCUT2D eigenvalue weighted by Gasteiger charge is 2.45. The molecule has 0 bridgehead atoms. The van der Waals surface area contributed by atoms with Crippen molar-refractivity contribution in [1.82, 2.24) is 4.90 Å². The van der Waals surface area contributed by atoms with E-state index in [0.717, 1.165) is 23.7 Å². The number of carbonyl (C=O) groups is 2. The van der Waals surface area contributed by atoms with Gasteiger partial charge in [0.25, 0.3) is 11.7 Å². The van der Waals surface area contributed by atoms with Crippen molar-refractivity contribution in [3.63, 3.8) is 0 Å². The van der Waals surface area contributed by atoms with Crippen LogP contribution in [0.15, 0.2) is 58.6 Å². The second-order valence-electron chi connectivity index (χ2n) is 6.76. The molecule has 1 N–H and O–H groups in total. The van der Waals surface area contributed by atoms with Gasteiger partial charge in [-0.2, -0.15) is 0 Å². The molecule has 28 heavy (non-hydrogen) atoms. The molecule has 0 saturated carbocycles. The van der Waals surface area contributed by atoms with Crippen LogP contribution in [0.3, 0.4) is 0 Å². The first-order valence-corrected chi connectivity index (χ1v) is 10.0.